The number of halogens is 1. The summed E-state index contributed by atoms with van der Waals surface area (Å²) in [7, 11) is 1.63. The number of carbonyl (C=O) groups excluding carboxylic acids is 2. The van der Waals surface area contributed by atoms with Crippen molar-refractivity contribution in [3.63, 3.8) is 0 Å². The fourth-order valence-corrected chi connectivity index (χ4v) is 3.78. The summed E-state index contributed by atoms with van der Waals surface area (Å²) in [5.74, 6) is 0.144. The lowest BCUT2D eigenvalue weighted by molar-refractivity contribution is -0.123. The molecule has 0 bridgehead atoms. The summed E-state index contributed by atoms with van der Waals surface area (Å²) in [6.07, 6.45) is 0. The molecule has 1 unspecified atom stereocenters. The lowest BCUT2D eigenvalue weighted by Crippen LogP contribution is -2.51. The molecule has 2 aromatic rings. The monoisotopic (exact) mass is 427 g/mol. The Hall–Kier alpha value is -2.93. The number of nitrogens with zero attached hydrogens (tertiary/aromatic N) is 2. The first-order valence-electron chi connectivity index (χ1n) is 10.6. The number of methoxy groups -OCH3 is 1. The Balaban J connectivity index is 1.53. The van der Waals surface area contributed by atoms with Crippen molar-refractivity contribution in [2.45, 2.75) is 19.9 Å². The molecular formula is C24H30FN3O3. The molecule has 31 heavy (non-hydrogen) atoms. The van der Waals surface area contributed by atoms with Crippen molar-refractivity contribution in [1.82, 2.24) is 15.1 Å². The molecule has 1 aliphatic heterocycles. The van der Waals surface area contributed by atoms with Crippen LogP contribution in [0.4, 0.5) is 4.39 Å². The summed E-state index contributed by atoms with van der Waals surface area (Å²) in [6, 6.07) is 13.6. The number of benzene rings is 2. The van der Waals surface area contributed by atoms with Gasteiger partial charge in [0, 0.05) is 26.2 Å². The van der Waals surface area contributed by atoms with Crippen LogP contribution < -0.4 is 10.1 Å². The van der Waals surface area contributed by atoms with Gasteiger partial charge in [0.1, 0.15) is 11.6 Å². The maximum Gasteiger partial charge on any atom is 0.256 e. The maximum absolute atomic E-state index is 13.9. The summed E-state index contributed by atoms with van der Waals surface area (Å²) < 4.78 is 19.1. The van der Waals surface area contributed by atoms with E-state index in [1.807, 2.05) is 29.2 Å². The first-order valence-corrected chi connectivity index (χ1v) is 10.6. The van der Waals surface area contributed by atoms with E-state index in [2.05, 4.69) is 19.2 Å². The molecule has 1 heterocycles. The molecule has 0 aromatic heterocycles. The van der Waals surface area contributed by atoms with Crippen LogP contribution in [-0.2, 0) is 4.79 Å². The van der Waals surface area contributed by atoms with Gasteiger partial charge in [-0.15, -0.1) is 0 Å². The van der Waals surface area contributed by atoms with E-state index in [0.717, 1.165) is 11.3 Å². The molecule has 0 aliphatic carbocycles. The molecule has 6 nitrogen and oxygen atoms in total. The van der Waals surface area contributed by atoms with Crippen molar-refractivity contribution in [3.8, 4) is 5.75 Å². The zero-order valence-corrected chi connectivity index (χ0v) is 18.3. The van der Waals surface area contributed by atoms with Crippen LogP contribution in [0.3, 0.4) is 0 Å². The molecule has 0 spiro atoms. The average molecular weight is 428 g/mol. The van der Waals surface area contributed by atoms with Crippen LogP contribution in [0.5, 0.6) is 5.75 Å². The SMILES string of the molecule is COc1ccc(C(NC(=O)CN2CCN(C(=O)c3ccccc3F)CC2)C(C)C)cc1. The third kappa shape index (κ3) is 5.82. The third-order valence-corrected chi connectivity index (χ3v) is 5.59. The van der Waals surface area contributed by atoms with Gasteiger partial charge in [-0.05, 0) is 35.7 Å². The summed E-state index contributed by atoms with van der Waals surface area (Å²) in [5.41, 5.74) is 1.12. The van der Waals surface area contributed by atoms with E-state index < -0.39 is 5.82 Å². The Labute approximate surface area is 183 Å². The molecule has 2 amide bonds. The van der Waals surface area contributed by atoms with Crippen LogP contribution in [0.2, 0.25) is 0 Å². The van der Waals surface area contributed by atoms with Gasteiger partial charge in [-0.3, -0.25) is 14.5 Å². The Morgan fingerprint density at radius 2 is 1.68 bits per heavy atom. The third-order valence-electron chi connectivity index (χ3n) is 5.59. The fraction of sp³-hybridized carbons (Fsp3) is 0.417. The van der Waals surface area contributed by atoms with Gasteiger partial charge in [-0.25, -0.2) is 4.39 Å². The van der Waals surface area contributed by atoms with E-state index in [1.165, 1.54) is 12.1 Å². The minimum Gasteiger partial charge on any atom is -0.497 e. The van der Waals surface area contributed by atoms with Crippen molar-refractivity contribution in [3.05, 3.63) is 65.5 Å². The Morgan fingerprint density at radius 3 is 2.26 bits per heavy atom. The molecule has 7 heteroatoms. The number of piperazine rings is 1. The van der Waals surface area contributed by atoms with E-state index in [1.54, 1.807) is 24.1 Å². The van der Waals surface area contributed by atoms with Gasteiger partial charge in [0.2, 0.25) is 5.91 Å². The van der Waals surface area contributed by atoms with Gasteiger partial charge >= 0.3 is 0 Å². The minimum absolute atomic E-state index is 0.0524. The van der Waals surface area contributed by atoms with Gasteiger partial charge in [-0.2, -0.15) is 0 Å². The molecule has 3 rings (SSSR count). The number of hydrogen-bond acceptors (Lipinski definition) is 4. The summed E-state index contributed by atoms with van der Waals surface area (Å²) in [5, 5.41) is 3.13. The van der Waals surface area contributed by atoms with Gasteiger partial charge < -0.3 is 15.0 Å². The smallest absolute Gasteiger partial charge is 0.256 e. The van der Waals surface area contributed by atoms with Crippen LogP contribution in [-0.4, -0.2) is 61.4 Å². The highest BCUT2D eigenvalue weighted by Crippen LogP contribution is 2.24. The zero-order chi connectivity index (χ0) is 22.4. The standard InChI is InChI=1S/C24H30FN3O3/c1-17(2)23(18-8-10-19(31-3)11-9-18)26-22(29)16-27-12-14-28(15-13-27)24(30)20-6-4-5-7-21(20)25/h4-11,17,23H,12-16H2,1-3H3,(H,26,29). The normalized spacial score (nSPS) is 15.6. The largest absolute Gasteiger partial charge is 0.497 e. The first kappa shape index (κ1) is 22.7. The number of rotatable bonds is 7. The Bertz CT molecular complexity index is 893. The number of ether oxygens (including phenoxy) is 1. The van der Waals surface area contributed by atoms with E-state index in [0.29, 0.717) is 26.2 Å². The van der Waals surface area contributed by atoms with Crippen LogP contribution in [0.1, 0.15) is 35.8 Å². The number of amides is 2. The van der Waals surface area contributed by atoms with Crippen LogP contribution in [0, 0.1) is 11.7 Å². The van der Waals surface area contributed by atoms with E-state index in [-0.39, 0.29) is 35.9 Å². The summed E-state index contributed by atoms with van der Waals surface area (Å²) >= 11 is 0. The molecule has 1 saturated heterocycles. The van der Waals surface area contributed by atoms with Crippen molar-refractivity contribution in [2.24, 2.45) is 5.92 Å². The number of carbonyl (C=O) groups is 2. The van der Waals surface area contributed by atoms with Gasteiger partial charge in [-0.1, -0.05) is 38.1 Å². The highest BCUT2D eigenvalue weighted by molar-refractivity contribution is 5.94. The summed E-state index contributed by atoms with van der Waals surface area (Å²) in [4.78, 5) is 28.9. The fourth-order valence-electron chi connectivity index (χ4n) is 3.78. The topological polar surface area (TPSA) is 61.9 Å². The molecule has 1 aliphatic rings. The highest BCUT2D eigenvalue weighted by atomic mass is 19.1. The quantitative estimate of drug-likeness (QED) is 0.738. The van der Waals surface area contributed by atoms with E-state index in [4.69, 9.17) is 4.74 Å². The second-order valence-corrected chi connectivity index (χ2v) is 8.11. The van der Waals surface area contributed by atoms with Gasteiger partial charge in [0.25, 0.3) is 5.91 Å². The molecule has 1 atom stereocenters. The van der Waals surface area contributed by atoms with Crippen LogP contribution in [0.15, 0.2) is 48.5 Å². The molecule has 0 saturated carbocycles. The highest BCUT2D eigenvalue weighted by Gasteiger charge is 2.26. The van der Waals surface area contributed by atoms with E-state index >= 15 is 0 Å². The number of nitrogens with one attached hydrogen (secondary N) is 1. The second-order valence-electron chi connectivity index (χ2n) is 8.11. The van der Waals surface area contributed by atoms with Gasteiger partial charge in [0.15, 0.2) is 0 Å². The maximum atomic E-state index is 13.9. The molecular weight excluding hydrogens is 397 g/mol. The molecule has 2 aromatic carbocycles. The lowest BCUT2D eigenvalue weighted by atomic mass is 9.96. The van der Waals surface area contributed by atoms with Crippen LogP contribution >= 0.6 is 0 Å². The molecule has 1 fully saturated rings. The first-order chi connectivity index (χ1) is 14.9. The predicted octanol–water partition coefficient (Wildman–Crippen LogP) is 3.11. The van der Waals surface area contributed by atoms with Crippen molar-refractivity contribution in [2.75, 3.05) is 39.8 Å². The van der Waals surface area contributed by atoms with Gasteiger partial charge in [0.05, 0.1) is 25.3 Å². The molecule has 0 radical (unpaired) electrons. The average Bonchev–Trinajstić information content (AvgIpc) is 2.78. The molecule has 1 N–H and O–H groups in total. The second kappa shape index (κ2) is 10.4. The van der Waals surface area contributed by atoms with Crippen LogP contribution in [0.25, 0.3) is 0 Å². The Morgan fingerprint density at radius 1 is 1.03 bits per heavy atom. The van der Waals surface area contributed by atoms with Crippen molar-refractivity contribution >= 4 is 11.8 Å². The molecule has 166 valence electrons. The van der Waals surface area contributed by atoms with Crippen molar-refractivity contribution in [1.29, 1.82) is 0 Å². The minimum atomic E-state index is -0.507. The predicted molar refractivity (Wildman–Crippen MR) is 117 cm³/mol. The van der Waals surface area contributed by atoms with E-state index in [9.17, 15) is 14.0 Å². The van der Waals surface area contributed by atoms with Crippen molar-refractivity contribution < 1.29 is 18.7 Å². The zero-order valence-electron chi connectivity index (χ0n) is 18.3. The summed E-state index contributed by atoms with van der Waals surface area (Å²) in [6.45, 7) is 6.48. The number of hydrogen-bond donors (Lipinski definition) is 1. The Kier molecular flexibility index (Phi) is 7.63. The lowest BCUT2D eigenvalue weighted by Gasteiger charge is -2.35.